The molecule has 1 aromatic rings. The van der Waals surface area contributed by atoms with Crippen molar-refractivity contribution in [2.75, 3.05) is 6.61 Å². The summed E-state index contributed by atoms with van der Waals surface area (Å²) >= 11 is 3.42. The number of hydrogen-bond acceptors (Lipinski definition) is 1. The molecule has 0 spiro atoms. The summed E-state index contributed by atoms with van der Waals surface area (Å²) in [4.78, 5) is 0. The Morgan fingerprint density at radius 2 is 2.29 bits per heavy atom. The highest BCUT2D eigenvalue weighted by atomic mass is 79.9. The Labute approximate surface area is 93.9 Å². The molecule has 0 bridgehead atoms. The smallest absolute Gasteiger partial charge is 0.123 e. The molecule has 0 amide bonds. The number of aryl methyl sites for hydroxylation is 1. The zero-order valence-corrected chi connectivity index (χ0v) is 10.0. The van der Waals surface area contributed by atoms with E-state index in [1.54, 1.807) is 0 Å². The molecule has 1 aromatic carbocycles. The van der Waals surface area contributed by atoms with Crippen molar-refractivity contribution in [1.82, 2.24) is 0 Å². The molecule has 0 aliphatic rings. The molecule has 1 nitrogen and oxygen atoms in total. The highest BCUT2D eigenvalue weighted by Gasteiger charge is 1.99. The molecular weight excluding hydrogens is 240 g/mol. The van der Waals surface area contributed by atoms with Gasteiger partial charge in [-0.05, 0) is 37.5 Å². The van der Waals surface area contributed by atoms with Crippen LogP contribution in [0, 0.1) is 6.92 Å². The van der Waals surface area contributed by atoms with Gasteiger partial charge < -0.3 is 4.74 Å². The molecule has 0 aliphatic carbocycles. The second kappa shape index (κ2) is 5.86. The SMILES string of the molecule is C=CCCCOc1cc(Br)ccc1C. The maximum atomic E-state index is 5.64. The molecule has 0 atom stereocenters. The Balaban J connectivity index is 2.49. The fraction of sp³-hybridized carbons (Fsp3) is 0.333. The van der Waals surface area contributed by atoms with Crippen LogP contribution in [0.25, 0.3) is 0 Å². The van der Waals surface area contributed by atoms with Crippen LogP contribution in [-0.4, -0.2) is 6.61 Å². The average Bonchev–Trinajstić information content (AvgIpc) is 2.18. The molecule has 0 unspecified atom stereocenters. The van der Waals surface area contributed by atoms with Gasteiger partial charge in [0.15, 0.2) is 0 Å². The van der Waals surface area contributed by atoms with Crippen LogP contribution in [-0.2, 0) is 0 Å². The quantitative estimate of drug-likeness (QED) is 0.568. The van der Waals surface area contributed by atoms with Gasteiger partial charge in [-0.1, -0.05) is 28.1 Å². The molecule has 0 radical (unpaired) electrons. The van der Waals surface area contributed by atoms with Gasteiger partial charge in [0.25, 0.3) is 0 Å². The molecule has 1 rings (SSSR count). The van der Waals surface area contributed by atoms with Gasteiger partial charge in [-0.15, -0.1) is 6.58 Å². The normalized spacial score (nSPS) is 9.86. The van der Waals surface area contributed by atoms with E-state index < -0.39 is 0 Å². The second-order valence-electron chi connectivity index (χ2n) is 3.19. The van der Waals surface area contributed by atoms with Crippen molar-refractivity contribution in [3.05, 3.63) is 40.9 Å². The van der Waals surface area contributed by atoms with E-state index in [0.29, 0.717) is 0 Å². The van der Waals surface area contributed by atoms with Gasteiger partial charge >= 0.3 is 0 Å². The van der Waals surface area contributed by atoms with Gasteiger partial charge in [0.2, 0.25) is 0 Å². The third-order valence-electron chi connectivity index (χ3n) is 1.96. The molecule has 0 saturated carbocycles. The Morgan fingerprint density at radius 3 is 3.00 bits per heavy atom. The van der Waals surface area contributed by atoms with Crippen LogP contribution in [0.5, 0.6) is 5.75 Å². The Morgan fingerprint density at radius 1 is 1.50 bits per heavy atom. The van der Waals surface area contributed by atoms with Gasteiger partial charge in [-0.2, -0.15) is 0 Å². The summed E-state index contributed by atoms with van der Waals surface area (Å²) in [7, 11) is 0. The third-order valence-corrected chi connectivity index (χ3v) is 2.45. The van der Waals surface area contributed by atoms with Gasteiger partial charge in [-0.3, -0.25) is 0 Å². The van der Waals surface area contributed by atoms with Gasteiger partial charge in [-0.25, -0.2) is 0 Å². The number of halogens is 1. The van der Waals surface area contributed by atoms with E-state index in [1.165, 1.54) is 5.56 Å². The molecule has 0 aromatic heterocycles. The lowest BCUT2D eigenvalue weighted by Gasteiger charge is -2.08. The molecule has 0 heterocycles. The minimum Gasteiger partial charge on any atom is -0.493 e. The molecule has 14 heavy (non-hydrogen) atoms. The second-order valence-corrected chi connectivity index (χ2v) is 4.10. The zero-order valence-electron chi connectivity index (χ0n) is 8.42. The molecule has 0 aliphatic heterocycles. The van der Waals surface area contributed by atoms with Crippen LogP contribution in [0.3, 0.4) is 0 Å². The van der Waals surface area contributed by atoms with Gasteiger partial charge in [0, 0.05) is 4.47 Å². The lowest BCUT2D eigenvalue weighted by Crippen LogP contribution is -1.98. The number of ether oxygens (including phenoxy) is 1. The van der Waals surface area contributed by atoms with Gasteiger partial charge in [0.05, 0.1) is 6.61 Å². The predicted octanol–water partition coefficient (Wildman–Crippen LogP) is 4.10. The average molecular weight is 255 g/mol. The van der Waals surface area contributed by atoms with E-state index >= 15 is 0 Å². The highest BCUT2D eigenvalue weighted by Crippen LogP contribution is 2.22. The summed E-state index contributed by atoms with van der Waals surface area (Å²) < 4.78 is 6.70. The van der Waals surface area contributed by atoms with Crippen LogP contribution in [0.1, 0.15) is 18.4 Å². The number of benzene rings is 1. The summed E-state index contributed by atoms with van der Waals surface area (Å²) in [6.07, 6.45) is 3.94. The molecule has 0 N–H and O–H groups in total. The standard InChI is InChI=1S/C12H15BrO/c1-3-4-5-8-14-12-9-11(13)7-6-10(12)2/h3,6-7,9H,1,4-5,8H2,2H3. The van der Waals surface area contributed by atoms with Crippen LogP contribution in [0.15, 0.2) is 35.3 Å². The minimum atomic E-state index is 0.753. The maximum Gasteiger partial charge on any atom is 0.123 e. The van der Waals surface area contributed by atoms with Crippen molar-refractivity contribution in [2.24, 2.45) is 0 Å². The summed E-state index contributed by atoms with van der Waals surface area (Å²) in [6.45, 7) is 6.48. The number of unbranched alkanes of at least 4 members (excludes halogenated alkanes) is 1. The Kier molecular flexibility index (Phi) is 4.74. The zero-order chi connectivity index (χ0) is 10.4. The lowest BCUT2D eigenvalue weighted by molar-refractivity contribution is 0.310. The van der Waals surface area contributed by atoms with Crippen LogP contribution >= 0.6 is 15.9 Å². The summed E-state index contributed by atoms with van der Waals surface area (Å²) in [5.74, 6) is 0.962. The third kappa shape index (κ3) is 3.54. The first kappa shape index (κ1) is 11.3. The van der Waals surface area contributed by atoms with E-state index in [9.17, 15) is 0 Å². The lowest BCUT2D eigenvalue weighted by atomic mass is 10.2. The molecule has 0 fully saturated rings. The fourth-order valence-electron chi connectivity index (χ4n) is 1.14. The number of rotatable bonds is 5. The van der Waals surface area contributed by atoms with Crippen LogP contribution < -0.4 is 4.74 Å². The first-order valence-electron chi connectivity index (χ1n) is 4.74. The largest absolute Gasteiger partial charge is 0.493 e. The van der Waals surface area contributed by atoms with E-state index in [0.717, 1.165) is 29.7 Å². The van der Waals surface area contributed by atoms with Crippen molar-refractivity contribution in [3.63, 3.8) is 0 Å². The fourth-order valence-corrected chi connectivity index (χ4v) is 1.48. The molecular formula is C12H15BrO. The highest BCUT2D eigenvalue weighted by molar-refractivity contribution is 9.10. The summed E-state index contributed by atoms with van der Waals surface area (Å²) in [5.41, 5.74) is 1.17. The molecule has 2 heteroatoms. The molecule has 0 saturated heterocycles. The monoisotopic (exact) mass is 254 g/mol. The number of allylic oxidation sites excluding steroid dienone is 1. The van der Waals surface area contributed by atoms with Crippen molar-refractivity contribution in [1.29, 1.82) is 0 Å². The van der Waals surface area contributed by atoms with Gasteiger partial charge in [0.1, 0.15) is 5.75 Å². The first-order chi connectivity index (χ1) is 6.74. The predicted molar refractivity (Wildman–Crippen MR) is 63.8 cm³/mol. The van der Waals surface area contributed by atoms with Crippen molar-refractivity contribution in [3.8, 4) is 5.75 Å². The van der Waals surface area contributed by atoms with E-state index in [-0.39, 0.29) is 0 Å². The topological polar surface area (TPSA) is 9.23 Å². The molecule has 76 valence electrons. The minimum absolute atomic E-state index is 0.753. The van der Waals surface area contributed by atoms with E-state index in [2.05, 4.69) is 29.4 Å². The Bertz CT molecular complexity index is 307. The number of hydrogen-bond donors (Lipinski definition) is 0. The van der Waals surface area contributed by atoms with Crippen molar-refractivity contribution >= 4 is 15.9 Å². The van der Waals surface area contributed by atoms with Crippen molar-refractivity contribution < 1.29 is 4.74 Å². The van der Waals surface area contributed by atoms with E-state index in [1.807, 2.05) is 24.3 Å². The van der Waals surface area contributed by atoms with Crippen LogP contribution in [0.2, 0.25) is 0 Å². The van der Waals surface area contributed by atoms with Crippen LogP contribution in [0.4, 0.5) is 0 Å². The maximum absolute atomic E-state index is 5.64. The van der Waals surface area contributed by atoms with E-state index in [4.69, 9.17) is 4.74 Å². The summed E-state index contributed by atoms with van der Waals surface area (Å²) in [6, 6.07) is 6.07. The summed E-state index contributed by atoms with van der Waals surface area (Å²) in [5, 5.41) is 0. The van der Waals surface area contributed by atoms with Crippen molar-refractivity contribution in [2.45, 2.75) is 19.8 Å². The Hall–Kier alpha value is -0.760. The first-order valence-corrected chi connectivity index (χ1v) is 5.53.